The first kappa shape index (κ1) is 18.4. The fraction of sp³-hybridized carbons (Fsp3) is 0.261. The van der Waals surface area contributed by atoms with Gasteiger partial charge in [-0.2, -0.15) is 4.98 Å². The molecule has 4 aromatic rings. The summed E-state index contributed by atoms with van der Waals surface area (Å²) < 4.78 is 5.43. The van der Waals surface area contributed by atoms with Crippen LogP contribution >= 0.6 is 0 Å². The minimum Gasteiger partial charge on any atom is -0.339 e. The summed E-state index contributed by atoms with van der Waals surface area (Å²) >= 11 is 0. The van der Waals surface area contributed by atoms with E-state index in [2.05, 4.69) is 20.1 Å². The largest absolute Gasteiger partial charge is 0.339 e. The van der Waals surface area contributed by atoms with Gasteiger partial charge in [0.05, 0.1) is 6.20 Å². The van der Waals surface area contributed by atoms with E-state index >= 15 is 0 Å². The van der Waals surface area contributed by atoms with Crippen LogP contribution in [0.25, 0.3) is 22.3 Å². The Bertz CT molecular complexity index is 1170. The first-order chi connectivity index (χ1) is 14.8. The lowest BCUT2D eigenvalue weighted by Gasteiger charge is -2.32. The highest BCUT2D eigenvalue weighted by Crippen LogP contribution is 2.25. The predicted molar refractivity (Wildman–Crippen MR) is 112 cm³/mol. The van der Waals surface area contributed by atoms with Crippen LogP contribution in [0.15, 0.2) is 65.6 Å². The second kappa shape index (κ2) is 8.02. The molecule has 0 saturated carbocycles. The highest BCUT2D eigenvalue weighted by molar-refractivity contribution is 6.07. The van der Waals surface area contributed by atoms with Crippen LogP contribution in [-0.2, 0) is 6.42 Å². The Morgan fingerprint density at radius 2 is 2.03 bits per heavy atom. The van der Waals surface area contributed by atoms with Crippen molar-refractivity contribution in [1.29, 1.82) is 0 Å². The minimum absolute atomic E-state index is 0.0854. The lowest BCUT2D eigenvalue weighted by molar-refractivity contribution is 0.0670. The summed E-state index contributed by atoms with van der Waals surface area (Å²) in [5, 5.41) is 6.10. The number of hydrogen-bond donors (Lipinski definition) is 0. The second-order valence-electron chi connectivity index (χ2n) is 7.59. The molecule has 2 aromatic carbocycles. The molecule has 1 unspecified atom stereocenters. The molecule has 1 aliphatic rings. The molecule has 7 nitrogen and oxygen atoms in total. The summed E-state index contributed by atoms with van der Waals surface area (Å²) in [5.41, 5.74) is 1.35. The third kappa shape index (κ3) is 3.66. The van der Waals surface area contributed by atoms with Gasteiger partial charge in [0.15, 0.2) is 0 Å². The van der Waals surface area contributed by atoms with E-state index < -0.39 is 0 Å². The summed E-state index contributed by atoms with van der Waals surface area (Å²) in [7, 11) is 0. The number of hydrogen-bond acceptors (Lipinski definition) is 6. The summed E-state index contributed by atoms with van der Waals surface area (Å²) in [6, 6.07) is 13.9. The van der Waals surface area contributed by atoms with Crippen molar-refractivity contribution in [1.82, 2.24) is 25.0 Å². The molecule has 1 amide bonds. The molecule has 0 N–H and O–H groups in total. The Hall–Kier alpha value is -3.61. The van der Waals surface area contributed by atoms with Crippen molar-refractivity contribution in [3.05, 3.63) is 72.5 Å². The number of aromatic nitrogens is 4. The van der Waals surface area contributed by atoms with Gasteiger partial charge in [0.1, 0.15) is 5.69 Å². The van der Waals surface area contributed by atoms with Crippen LogP contribution in [0.2, 0.25) is 0 Å². The Balaban J connectivity index is 1.30. The molecule has 3 heterocycles. The smallest absolute Gasteiger partial charge is 0.254 e. The van der Waals surface area contributed by atoms with Crippen molar-refractivity contribution < 1.29 is 9.32 Å². The van der Waals surface area contributed by atoms with E-state index in [1.54, 1.807) is 18.6 Å². The van der Waals surface area contributed by atoms with E-state index in [0.717, 1.165) is 35.7 Å². The molecule has 2 aromatic heterocycles. The number of nitrogens with zero attached hydrogens (tertiary/aromatic N) is 5. The Morgan fingerprint density at radius 3 is 2.93 bits per heavy atom. The van der Waals surface area contributed by atoms with Gasteiger partial charge < -0.3 is 9.42 Å². The zero-order valence-corrected chi connectivity index (χ0v) is 16.4. The van der Waals surface area contributed by atoms with Crippen molar-refractivity contribution in [2.45, 2.75) is 19.3 Å². The standard InChI is InChI=1S/C23H21N5O2/c29-23(19-9-3-7-17-6-1-2-8-18(17)19)28-12-4-5-16(15-28)13-21-26-22(27-30-21)20-14-24-10-11-25-20/h1-3,6-11,14,16H,4-5,12-13,15H2. The van der Waals surface area contributed by atoms with E-state index in [1.165, 1.54) is 0 Å². The lowest BCUT2D eigenvalue weighted by Crippen LogP contribution is -2.40. The number of benzene rings is 2. The van der Waals surface area contributed by atoms with Gasteiger partial charge in [-0.05, 0) is 35.6 Å². The number of piperidine rings is 1. The molecule has 1 fully saturated rings. The van der Waals surface area contributed by atoms with Gasteiger partial charge in [-0.15, -0.1) is 0 Å². The quantitative estimate of drug-likeness (QED) is 0.519. The number of likely N-dealkylation sites (tertiary alicyclic amines) is 1. The maximum Gasteiger partial charge on any atom is 0.254 e. The van der Waals surface area contributed by atoms with Gasteiger partial charge in [0.2, 0.25) is 11.7 Å². The normalized spacial score (nSPS) is 16.7. The number of carbonyl (C=O) groups excluding carboxylic acids is 1. The number of carbonyl (C=O) groups is 1. The van der Waals surface area contributed by atoms with Crippen LogP contribution in [0.5, 0.6) is 0 Å². The molecular formula is C23H21N5O2. The van der Waals surface area contributed by atoms with E-state index in [-0.39, 0.29) is 11.8 Å². The summed E-state index contributed by atoms with van der Waals surface area (Å²) in [6.07, 6.45) is 7.46. The van der Waals surface area contributed by atoms with E-state index in [4.69, 9.17) is 4.52 Å². The van der Waals surface area contributed by atoms with Crippen molar-refractivity contribution in [3.63, 3.8) is 0 Å². The first-order valence-corrected chi connectivity index (χ1v) is 10.1. The first-order valence-electron chi connectivity index (χ1n) is 10.1. The van der Waals surface area contributed by atoms with Crippen LogP contribution in [-0.4, -0.2) is 44.0 Å². The Labute approximate surface area is 173 Å². The van der Waals surface area contributed by atoms with Crippen LogP contribution in [0, 0.1) is 5.92 Å². The average molecular weight is 399 g/mol. The maximum atomic E-state index is 13.3. The molecule has 5 rings (SSSR count). The highest BCUT2D eigenvalue weighted by Gasteiger charge is 2.27. The molecular weight excluding hydrogens is 378 g/mol. The third-order valence-electron chi connectivity index (χ3n) is 5.55. The molecule has 0 radical (unpaired) electrons. The fourth-order valence-electron chi connectivity index (χ4n) is 4.10. The van der Waals surface area contributed by atoms with Crippen LogP contribution in [0.1, 0.15) is 29.1 Å². The predicted octanol–water partition coefficient (Wildman–Crippen LogP) is 3.77. The van der Waals surface area contributed by atoms with Crippen molar-refractivity contribution in [2.75, 3.05) is 13.1 Å². The molecule has 150 valence electrons. The molecule has 1 atom stereocenters. The number of rotatable bonds is 4. The third-order valence-corrected chi connectivity index (χ3v) is 5.55. The lowest BCUT2D eigenvalue weighted by atomic mass is 9.93. The second-order valence-corrected chi connectivity index (χ2v) is 7.59. The Morgan fingerprint density at radius 1 is 1.13 bits per heavy atom. The SMILES string of the molecule is O=C(c1cccc2ccccc12)N1CCCC(Cc2nc(-c3cnccn3)no2)C1. The fourth-order valence-corrected chi connectivity index (χ4v) is 4.10. The van der Waals surface area contributed by atoms with Crippen LogP contribution < -0.4 is 0 Å². The van der Waals surface area contributed by atoms with Crippen molar-refractivity contribution in [2.24, 2.45) is 5.92 Å². The number of amides is 1. The molecule has 7 heteroatoms. The molecule has 0 spiro atoms. The van der Waals surface area contributed by atoms with Crippen LogP contribution in [0.3, 0.4) is 0 Å². The molecule has 1 aliphatic heterocycles. The van der Waals surface area contributed by atoms with Gasteiger partial charge in [-0.1, -0.05) is 41.6 Å². The zero-order valence-electron chi connectivity index (χ0n) is 16.4. The summed E-state index contributed by atoms with van der Waals surface area (Å²) in [4.78, 5) is 27.9. The van der Waals surface area contributed by atoms with E-state index in [1.807, 2.05) is 47.4 Å². The van der Waals surface area contributed by atoms with E-state index in [9.17, 15) is 4.79 Å². The molecule has 0 bridgehead atoms. The average Bonchev–Trinajstić information content (AvgIpc) is 3.27. The van der Waals surface area contributed by atoms with Gasteiger partial charge >= 0.3 is 0 Å². The Kier molecular flexibility index (Phi) is 4.93. The van der Waals surface area contributed by atoms with Crippen LogP contribution in [0.4, 0.5) is 0 Å². The zero-order chi connectivity index (χ0) is 20.3. The van der Waals surface area contributed by atoms with Gasteiger partial charge in [0.25, 0.3) is 5.91 Å². The van der Waals surface area contributed by atoms with Gasteiger partial charge in [0, 0.05) is 37.5 Å². The molecule has 30 heavy (non-hydrogen) atoms. The van der Waals surface area contributed by atoms with Gasteiger partial charge in [-0.25, -0.2) is 4.98 Å². The summed E-state index contributed by atoms with van der Waals surface area (Å²) in [5.74, 6) is 1.38. The molecule has 0 aliphatic carbocycles. The monoisotopic (exact) mass is 399 g/mol. The van der Waals surface area contributed by atoms with Crippen molar-refractivity contribution >= 4 is 16.7 Å². The highest BCUT2D eigenvalue weighted by atomic mass is 16.5. The maximum absolute atomic E-state index is 13.3. The van der Waals surface area contributed by atoms with Gasteiger partial charge in [-0.3, -0.25) is 9.78 Å². The summed E-state index contributed by atoms with van der Waals surface area (Å²) in [6.45, 7) is 1.46. The molecule has 1 saturated heterocycles. The van der Waals surface area contributed by atoms with E-state index in [0.29, 0.717) is 30.4 Å². The minimum atomic E-state index is 0.0854. The van der Waals surface area contributed by atoms with Crippen molar-refractivity contribution in [3.8, 4) is 11.5 Å². The number of fused-ring (bicyclic) bond motifs is 1. The topological polar surface area (TPSA) is 85.0 Å².